The largest absolute Gasteiger partial charge is 0.349 e. The van der Waals surface area contributed by atoms with Crippen LogP contribution in [0.3, 0.4) is 0 Å². The summed E-state index contributed by atoms with van der Waals surface area (Å²) in [5.41, 5.74) is 1.10. The van der Waals surface area contributed by atoms with Crippen molar-refractivity contribution in [1.82, 2.24) is 29.4 Å². The van der Waals surface area contributed by atoms with Gasteiger partial charge >= 0.3 is 0 Å². The first kappa shape index (κ1) is 20.7. The fourth-order valence-corrected chi connectivity index (χ4v) is 3.48. The van der Waals surface area contributed by atoms with Crippen LogP contribution in [0, 0.1) is 6.92 Å². The Morgan fingerprint density at radius 1 is 1.31 bits per heavy atom. The molecule has 0 saturated heterocycles. The topological polar surface area (TPSA) is 86.7 Å². The van der Waals surface area contributed by atoms with E-state index in [2.05, 4.69) is 15.5 Å². The van der Waals surface area contributed by atoms with Crippen LogP contribution in [0.1, 0.15) is 49.6 Å². The SMILES string of the molecule is CCn1ncc(C(C)NC(=O)CCn2c(=O)cc(C(F)F)c3cn(C)nc32)c1C. The molecule has 0 aliphatic carbocycles. The van der Waals surface area contributed by atoms with Crippen LogP contribution in [0.2, 0.25) is 0 Å². The van der Waals surface area contributed by atoms with Crippen molar-refractivity contribution in [2.24, 2.45) is 7.05 Å². The summed E-state index contributed by atoms with van der Waals surface area (Å²) in [4.78, 5) is 24.8. The lowest BCUT2D eigenvalue weighted by Crippen LogP contribution is -2.30. The number of rotatable bonds is 7. The van der Waals surface area contributed by atoms with Crippen molar-refractivity contribution in [3.8, 4) is 0 Å². The highest BCUT2D eigenvalue weighted by atomic mass is 19.3. The molecule has 3 aromatic rings. The number of carbonyl (C=O) groups excluding carboxylic acids is 1. The van der Waals surface area contributed by atoms with Crippen LogP contribution in [0.4, 0.5) is 8.78 Å². The van der Waals surface area contributed by atoms with Crippen LogP contribution < -0.4 is 10.9 Å². The Hall–Kier alpha value is -3.04. The quantitative estimate of drug-likeness (QED) is 0.653. The first-order valence-electron chi connectivity index (χ1n) is 9.39. The van der Waals surface area contributed by atoms with Crippen molar-refractivity contribution in [1.29, 1.82) is 0 Å². The van der Waals surface area contributed by atoms with Gasteiger partial charge in [-0.05, 0) is 20.8 Å². The summed E-state index contributed by atoms with van der Waals surface area (Å²) in [5, 5.41) is 11.5. The molecule has 0 saturated carbocycles. The average molecular weight is 406 g/mol. The van der Waals surface area contributed by atoms with Crippen LogP contribution >= 0.6 is 0 Å². The standard InChI is InChI=1S/C19H24F2N6O2/c1-5-27-12(3)14(9-22-27)11(2)23-16(28)6-7-26-17(29)8-13(18(20)21)15-10-25(4)24-19(15)26/h8-11,18H,5-7H2,1-4H3,(H,23,28). The van der Waals surface area contributed by atoms with Crippen LogP contribution in [0.5, 0.6) is 0 Å². The molecule has 1 unspecified atom stereocenters. The number of aryl methyl sites for hydroxylation is 3. The Bertz CT molecular complexity index is 1100. The Balaban J connectivity index is 1.76. The molecule has 3 aromatic heterocycles. The Kier molecular flexibility index (Phi) is 5.81. The number of hydrogen-bond donors (Lipinski definition) is 1. The van der Waals surface area contributed by atoms with Crippen molar-refractivity contribution >= 4 is 16.9 Å². The van der Waals surface area contributed by atoms with Gasteiger partial charge in [-0.25, -0.2) is 8.78 Å². The number of nitrogens with zero attached hydrogens (tertiary/aromatic N) is 5. The van der Waals surface area contributed by atoms with Crippen LogP contribution in [-0.2, 0) is 24.9 Å². The monoisotopic (exact) mass is 406 g/mol. The average Bonchev–Trinajstić information content (AvgIpc) is 3.22. The van der Waals surface area contributed by atoms with E-state index in [0.717, 1.165) is 23.9 Å². The van der Waals surface area contributed by atoms with E-state index in [0.29, 0.717) is 0 Å². The molecule has 0 bridgehead atoms. The smallest absolute Gasteiger partial charge is 0.264 e. The molecule has 156 valence electrons. The zero-order valence-corrected chi connectivity index (χ0v) is 16.8. The van der Waals surface area contributed by atoms with Gasteiger partial charge in [0.25, 0.3) is 12.0 Å². The molecule has 29 heavy (non-hydrogen) atoms. The van der Waals surface area contributed by atoms with E-state index in [4.69, 9.17) is 0 Å². The molecule has 0 radical (unpaired) electrons. The maximum atomic E-state index is 13.2. The summed E-state index contributed by atoms with van der Waals surface area (Å²) in [6, 6.07) is 0.674. The number of fused-ring (bicyclic) bond motifs is 1. The van der Waals surface area contributed by atoms with Gasteiger partial charge < -0.3 is 5.32 Å². The maximum absolute atomic E-state index is 13.2. The lowest BCUT2D eigenvalue weighted by Gasteiger charge is -2.15. The van der Waals surface area contributed by atoms with Gasteiger partial charge in [0.1, 0.15) is 0 Å². The van der Waals surface area contributed by atoms with Crippen molar-refractivity contribution in [2.75, 3.05) is 0 Å². The molecule has 0 spiro atoms. The molecular weight excluding hydrogens is 382 g/mol. The van der Waals surface area contributed by atoms with Crippen LogP contribution in [-0.4, -0.2) is 30.0 Å². The second-order valence-electron chi connectivity index (χ2n) is 6.97. The molecule has 3 heterocycles. The van der Waals surface area contributed by atoms with Gasteiger partial charge in [0, 0.05) is 61.0 Å². The van der Waals surface area contributed by atoms with Crippen LogP contribution in [0.15, 0.2) is 23.3 Å². The van der Waals surface area contributed by atoms with Crippen molar-refractivity contribution in [2.45, 2.75) is 52.7 Å². The third-order valence-corrected chi connectivity index (χ3v) is 5.00. The van der Waals surface area contributed by atoms with Crippen molar-refractivity contribution in [3.63, 3.8) is 0 Å². The highest BCUT2D eigenvalue weighted by molar-refractivity contribution is 5.80. The number of amides is 1. The van der Waals surface area contributed by atoms with E-state index in [1.807, 2.05) is 25.5 Å². The van der Waals surface area contributed by atoms with Gasteiger partial charge in [0.05, 0.1) is 12.2 Å². The molecule has 0 aliphatic heterocycles. The minimum Gasteiger partial charge on any atom is -0.349 e. The number of aromatic nitrogens is 5. The van der Waals surface area contributed by atoms with Crippen molar-refractivity contribution in [3.05, 3.63) is 45.6 Å². The Labute approximate surface area is 166 Å². The fourth-order valence-electron chi connectivity index (χ4n) is 3.48. The molecule has 1 atom stereocenters. The van der Waals surface area contributed by atoms with E-state index in [1.165, 1.54) is 15.4 Å². The van der Waals surface area contributed by atoms with Crippen LogP contribution in [0.25, 0.3) is 11.0 Å². The molecule has 8 nitrogen and oxygen atoms in total. The lowest BCUT2D eigenvalue weighted by atomic mass is 10.1. The summed E-state index contributed by atoms with van der Waals surface area (Å²) in [5.74, 6) is -0.255. The molecular formula is C19H24F2N6O2. The minimum absolute atomic E-state index is 0.0188. The fraction of sp³-hybridized carbons (Fsp3) is 0.474. The number of nitrogens with one attached hydrogen (secondary N) is 1. The molecule has 0 aromatic carbocycles. The maximum Gasteiger partial charge on any atom is 0.264 e. The predicted octanol–water partition coefficient (Wildman–Crippen LogP) is 2.46. The molecule has 1 N–H and O–H groups in total. The number of halogens is 2. The normalized spacial score (nSPS) is 12.7. The number of carbonyl (C=O) groups is 1. The summed E-state index contributed by atoms with van der Waals surface area (Å²) in [6.45, 7) is 6.58. The summed E-state index contributed by atoms with van der Waals surface area (Å²) < 4.78 is 31.0. The highest BCUT2D eigenvalue weighted by Gasteiger charge is 2.20. The predicted molar refractivity (Wildman–Crippen MR) is 104 cm³/mol. The van der Waals surface area contributed by atoms with Gasteiger partial charge in [-0.1, -0.05) is 0 Å². The first-order valence-corrected chi connectivity index (χ1v) is 9.39. The molecule has 3 rings (SSSR count). The van der Waals surface area contributed by atoms with Gasteiger partial charge in [0.2, 0.25) is 5.91 Å². The minimum atomic E-state index is -2.78. The van der Waals surface area contributed by atoms with Gasteiger partial charge in [-0.15, -0.1) is 0 Å². The molecule has 10 heteroatoms. The van der Waals surface area contributed by atoms with Gasteiger partial charge in [-0.3, -0.25) is 23.5 Å². The van der Waals surface area contributed by atoms with E-state index >= 15 is 0 Å². The summed E-state index contributed by atoms with van der Waals surface area (Å²) >= 11 is 0. The van der Waals surface area contributed by atoms with E-state index < -0.39 is 12.0 Å². The molecule has 0 fully saturated rings. The van der Waals surface area contributed by atoms with E-state index in [1.54, 1.807) is 13.2 Å². The number of hydrogen-bond acceptors (Lipinski definition) is 4. The second-order valence-corrected chi connectivity index (χ2v) is 6.97. The lowest BCUT2D eigenvalue weighted by molar-refractivity contribution is -0.121. The second kappa shape index (κ2) is 8.14. The summed E-state index contributed by atoms with van der Waals surface area (Å²) in [6.07, 6.45) is 0.420. The Morgan fingerprint density at radius 2 is 2.03 bits per heavy atom. The molecule has 1 amide bonds. The zero-order valence-electron chi connectivity index (χ0n) is 16.8. The first-order chi connectivity index (χ1) is 13.7. The van der Waals surface area contributed by atoms with Gasteiger partial charge in [-0.2, -0.15) is 10.2 Å². The number of pyridine rings is 1. The zero-order chi connectivity index (χ0) is 21.3. The third-order valence-electron chi connectivity index (χ3n) is 5.00. The molecule has 0 aliphatic rings. The van der Waals surface area contributed by atoms with E-state index in [9.17, 15) is 18.4 Å². The highest BCUT2D eigenvalue weighted by Crippen LogP contribution is 2.25. The summed E-state index contributed by atoms with van der Waals surface area (Å²) in [7, 11) is 1.59. The van der Waals surface area contributed by atoms with Gasteiger partial charge in [0.15, 0.2) is 5.65 Å². The Morgan fingerprint density at radius 3 is 2.66 bits per heavy atom. The van der Waals surface area contributed by atoms with Crippen molar-refractivity contribution < 1.29 is 13.6 Å². The van der Waals surface area contributed by atoms with E-state index in [-0.39, 0.29) is 41.5 Å². The third kappa shape index (κ3) is 4.06. The number of alkyl halides is 2.